The van der Waals surface area contributed by atoms with Gasteiger partial charge in [-0.3, -0.25) is 4.79 Å². The third kappa shape index (κ3) is 5.10. The zero-order valence-electron chi connectivity index (χ0n) is 14.8. The van der Waals surface area contributed by atoms with Gasteiger partial charge in [-0.25, -0.2) is 13.1 Å². The molecule has 0 radical (unpaired) electrons. The van der Waals surface area contributed by atoms with Gasteiger partial charge in [0.25, 0.3) is 0 Å². The summed E-state index contributed by atoms with van der Waals surface area (Å²) in [5, 5.41) is 11.7. The van der Waals surface area contributed by atoms with Crippen molar-refractivity contribution in [2.24, 2.45) is 5.92 Å². The van der Waals surface area contributed by atoms with E-state index < -0.39 is 10.0 Å². The summed E-state index contributed by atoms with van der Waals surface area (Å²) in [5.74, 6) is -0.324. The fourth-order valence-electron chi connectivity index (χ4n) is 2.85. The summed E-state index contributed by atoms with van der Waals surface area (Å²) in [6.45, 7) is 4.68. The minimum atomic E-state index is -3.86. The van der Waals surface area contributed by atoms with Crippen LogP contribution in [-0.4, -0.2) is 38.4 Å². The summed E-state index contributed by atoms with van der Waals surface area (Å²) in [5.41, 5.74) is 0.382. The molecule has 142 valence electrons. The van der Waals surface area contributed by atoms with Crippen LogP contribution in [0, 0.1) is 17.4 Å². The van der Waals surface area contributed by atoms with E-state index in [-0.39, 0.29) is 27.8 Å². The molecule has 9 heteroatoms. The van der Waals surface area contributed by atoms with Gasteiger partial charge in [-0.1, -0.05) is 31.9 Å². The smallest absolute Gasteiger partial charge is 0.242 e. The van der Waals surface area contributed by atoms with E-state index in [1.807, 2.05) is 20.0 Å². The average molecular weight is 399 g/mol. The first-order valence-corrected chi connectivity index (χ1v) is 10.4. The Kier molecular flexibility index (Phi) is 6.87. The van der Waals surface area contributed by atoms with E-state index in [1.54, 1.807) is 6.07 Å². The van der Waals surface area contributed by atoms with E-state index in [1.165, 1.54) is 17.0 Å². The third-order valence-corrected chi connectivity index (χ3v) is 6.31. The number of anilines is 1. The number of carbonyl (C=O) groups excluding carboxylic acids is 1. The monoisotopic (exact) mass is 398 g/mol. The Morgan fingerprint density at radius 1 is 1.50 bits per heavy atom. The number of likely N-dealkylation sites (tertiary alicyclic amines) is 1. The summed E-state index contributed by atoms with van der Waals surface area (Å²) in [6.07, 6.45) is 4.20. The predicted octanol–water partition coefficient (Wildman–Crippen LogP) is 2.55. The first-order chi connectivity index (χ1) is 12.3. The molecule has 0 spiro atoms. The van der Waals surface area contributed by atoms with Crippen LogP contribution in [0.1, 0.15) is 33.1 Å². The minimum Gasteiger partial charge on any atom is -0.326 e. The molecule has 1 unspecified atom stereocenters. The highest BCUT2D eigenvalue weighted by atomic mass is 35.5. The van der Waals surface area contributed by atoms with Crippen LogP contribution in [0.25, 0.3) is 0 Å². The maximum atomic E-state index is 12.7. The summed E-state index contributed by atoms with van der Waals surface area (Å²) in [7, 11) is -3.86. The minimum absolute atomic E-state index is 0.0761. The van der Waals surface area contributed by atoms with Crippen molar-refractivity contribution in [3.8, 4) is 6.19 Å². The molecular weight excluding hydrogens is 376 g/mol. The molecule has 0 saturated carbocycles. The van der Waals surface area contributed by atoms with Gasteiger partial charge in [-0.05, 0) is 31.0 Å². The number of hydrogen-bond acceptors (Lipinski definition) is 5. The number of carbonyl (C=O) groups is 1. The summed E-state index contributed by atoms with van der Waals surface area (Å²) < 4.78 is 27.9. The van der Waals surface area contributed by atoms with Crippen LogP contribution >= 0.6 is 11.6 Å². The van der Waals surface area contributed by atoms with Gasteiger partial charge in [0, 0.05) is 30.7 Å². The number of hydrogen-bond donors (Lipinski definition) is 2. The highest BCUT2D eigenvalue weighted by Gasteiger charge is 2.28. The molecule has 26 heavy (non-hydrogen) atoms. The first kappa shape index (κ1) is 20.5. The van der Waals surface area contributed by atoms with E-state index in [9.17, 15) is 13.2 Å². The fraction of sp³-hybridized carbons (Fsp3) is 0.529. The highest BCUT2D eigenvalue weighted by Crippen LogP contribution is 2.26. The Balaban J connectivity index is 2.15. The predicted molar refractivity (Wildman–Crippen MR) is 100 cm³/mol. The molecule has 1 fully saturated rings. The van der Waals surface area contributed by atoms with Crippen LogP contribution in [-0.2, 0) is 14.8 Å². The number of sulfonamides is 1. The second-order valence-electron chi connectivity index (χ2n) is 6.48. The highest BCUT2D eigenvalue weighted by molar-refractivity contribution is 7.89. The quantitative estimate of drug-likeness (QED) is 0.687. The van der Waals surface area contributed by atoms with E-state index in [0.717, 1.165) is 12.8 Å². The SMILES string of the molecule is CCCC(C)C(=O)Nc1ccc(Cl)c(S(=O)(=O)N[C@@H]2CCN(C#N)C2)c1. The molecule has 0 aliphatic carbocycles. The lowest BCUT2D eigenvalue weighted by atomic mass is 10.1. The van der Waals surface area contributed by atoms with Crippen molar-refractivity contribution in [2.75, 3.05) is 18.4 Å². The molecule has 1 aliphatic rings. The molecule has 1 amide bonds. The summed E-state index contributed by atoms with van der Waals surface area (Å²) in [4.78, 5) is 13.6. The maximum absolute atomic E-state index is 12.7. The van der Waals surface area contributed by atoms with Crippen molar-refractivity contribution in [1.82, 2.24) is 9.62 Å². The number of nitrogens with zero attached hydrogens (tertiary/aromatic N) is 2. The standard InChI is InChI=1S/C17H23ClN4O3S/c1-3-4-12(2)17(23)20-13-5-6-15(18)16(9-13)26(24,25)21-14-7-8-22(10-14)11-19/h5-6,9,12,14,21H,3-4,7-8,10H2,1-2H3,(H,20,23)/t12?,14-/m1/s1. The lowest BCUT2D eigenvalue weighted by molar-refractivity contribution is -0.119. The topological polar surface area (TPSA) is 102 Å². The third-order valence-electron chi connectivity index (χ3n) is 4.31. The molecule has 1 saturated heterocycles. The van der Waals surface area contributed by atoms with E-state index in [4.69, 9.17) is 16.9 Å². The van der Waals surface area contributed by atoms with Crippen molar-refractivity contribution in [3.63, 3.8) is 0 Å². The van der Waals surface area contributed by atoms with Gasteiger partial charge in [-0.15, -0.1) is 0 Å². The van der Waals surface area contributed by atoms with E-state index >= 15 is 0 Å². The second kappa shape index (κ2) is 8.71. The maximum Gasteiger partial charge on any atom is 0.242 e. The normalized spacial score (nSPS) is 18.4. The van der Waals surface area contributed by atoms with Crippen LogP contribution in [0.4, 0.5) is 5.69 Å². The van der Waals surface area contributed by atoms with E-state index in [0.29, 0.717) is 25.2 Å². The van der Waals surface area contributed by atoms with Crippen molar-refractivity contribution in [2.45, 2.75) is 44.0 Å². The van der Waals surface area contributed by atoms with Gasteiger partial charge in [0.1, 0.15) is 4.90 Å². The van der Waals surface area contributed by atoms with Crippen LogP contribution in [0.15, 0.2) is 23.1 Å². The number of nitriles is 1. The zero-order chi connectivity index (χ0) is 19.3. The molecule has 7 nitrogen and oxygen atoms in total. The Morgan fingerprint density at radius 2 is 2.23 bits per heavy atom. The van der Waals surface area contributed by atoms with Crippen molar-refractivity contribution in [3.05, 3.63) is 23.2 Å². The van der Waals surface area contributed by atoms with Crippen molar-refractivity contribution in [1.29, 1.82) is 5.26 Å². The number of halogens is 1. The Hall–Kier alpha value is -1.82. The van der Waals surface area contributed by atoms with Crippen molar-refractivity contribution < 1.29 is 13.2 Å². The molecule has 2 N–H and O–H groups in total. The van der Waals surface area contributed by atoms with Gasteiger partial charge in [0.15, 0.2) is 6.19 Å². The molecule has 1 aliphatic heterocycles. The molecule has 1 aromatic rings. The van der Waals surface area contributed by atoms with Crippen LogP contribution < -0.4 is 10.0 Å². The van der Waals surface area contributed by atoms with Gasteiger partial charge in [-0.2, -0.15) is 5.26 Å². The molecule has 1 heterocycles. The van der Waals surface area contributed by atoms with Crippen LogP contribution in [0.2, 0.25) is 5.02 Å². The lowest BCUT2D eigenvalue weighted by Crippen LogP contribution is -2.36. The number of benzene rings is 1. The van der Waals surface area contributed by atoms with E-state index in [2.05, 4.69) is 10.0 Å². The second-order valence-corrected chi connectivity index (χ2v) is 8.57. The van der Waals surface area contributed by atoms with Gasteiger partial charge in [0.2, 0.25) is 15.9 Å². The molecule has 0 bridgehead atoms. The van der Waals surface area contributed by atoms with Gasteiger partial charge < -0.3 is 10.2 Å². The number of rotatable bonds is 7. The molecule has 2 atom stereocenters. The fourth-order valence-corrected chi connectivity index (χ4v) is 4.63. The Bertz CT molecular complexity index is 807. The largest absolute Gasteiger partial charge is 0.326 e. The first-order valence-electron chi connectivity index (χ1n) is 8.54. The molecule has 2 rings (SSSR count). The Labute approximate surface area is 159 Å². The Morgan fingerprint density at radius 3 is 2.85 bits per heavy atom. The number of amides is 1. The number of nitrogens with one attached hydrogen (secondary N) is 2. The molecule has 1 aromatic carbocycles. The van der Waals surface area contributed by atoms with Crippen LogP contribution in [0.5, 0.6) is 0 Å². The van der Waals surface area contributed by atoms with Gasteiger partial charge >= 0.3 is 0 Å². The average Bonchev–Trinajstić information content (AvgIpc) is 3.03. The van der Waals surface area contributed by atoms with Crippen LogP contribution in [0.3, 0.4) is 0 Å². The van der Waals surface area contributed by atoms with Crippen molar-refractivity contribution >= 4 is 33.2 Å². The summed E-state index contributed by atoms with van der Waals surface area (Å²) >= 11 is 6.08. The van der Waals surface area contributed by atoms with Gasteiger partial charge in [0.05, 0.1) is 5.02 Å². The molecule has 0 aromatic heterocycles. The zero-order valence-corrected chi connectivity index (χ0v) is 16.4. The lowest BCUT2D eigenvalue weighted by Gasteiger charge is -2.16. The molecular formula is C17H23ClN4O3S. The summed E-state index contributed by atoms with van der Waals surface area (Å²) in [6, 6.07) is 4.04.